The zero-order chi connectivity index (χ0) is 20.1. The first kappa shape index (κ1) is 20.2. The van der Waals surface area contributed by atoms with Gasteiger partial charge in [-0.3, -0.25) is 9.59 Å². The molecular weight excluding hydrogens is 393 g/mol. The lowest BCUT2D eigenvalue weighted by atomic mass is 10.1. The second-order valence-electron chi connectivity index (χ2n) is 6.39. The van der Waals surface area contributed by atoms with Crippen LogP contribution in [0.2, 0.25) is 0 Å². The van der Waals surface area contributed by atoms with Gasteiger partial charge in [0.1, 0.15) is 24.9 Å². The fraction of sp³-hybridized carbons (Fsp3) is 0.368. The molecule has 3 rings (SSSR count). The Bertz CT molecular complexity index is 824. The van der Waals surface area contributed by atoms with Crippen molar-refractivity contribution >= 4 is 23.2 Å². The lowest BCUT2D eigenvalue weighted by molar-refractivity contribution is -0.140. The van der Waals surface area contributed by atoms with Crippen molar-refractivity contribution in [3.63, 3.8) is 0 Å². The molecule has 2 amide bonds. The quantitative estimate of drug-likeness (QED) is 0.789. The number of carbonyl (C=O) groups is 2. The second-order valence-corrected chi connectivity index (χ2v) is 7.42. The molecule has 2 heterocycles. The molecule has 0 bridgehead atoms. The van der Waals surface area contributed by atoms with Gasteiger partial charge in [-0.2, -0.15) is 13.2 Å². The number of benzene rings is 1. The molecule has 1 N–H and O–H groups in total. The maximum Gasteiger partial charge on any atom is 0.405 e. The van der Waals surface area contributed by atoms with Gasteiger partial charge in [0.2, 0.25) is 5.91 Å². The maximum atomic E-state index is 12.8. The molecule has 1 aromatic heterocycles. The Morgan fingerprint density at radius 1 is 1.25 bits per heavy atom. The normalized spacial score (nSPS) is 16.8. The number of hydrogen-bond acceptors (Lipinski definition) is 4. The average Bonchev–Trinajstić information content (AvgIpc) is 3.35. The molecule has 150 valence electrons. The smallest absolute Gasteiger partial charge is 0.405 e. The van der Waals surface area contributed by atoms with E-state index >= 15 is 0 Å². The summed E-state index contributed by atoms with van der Waals surface area (Å²) >= 11 is 1.56. The first-order valence-corrected chi connectivity index (χ1v) is 9.62. The molecule has 1 atom stereocenters. The van der Waals surface area contributed by atoms with Crippen LogP contribution in [0.1, 0.15) is 28.1 Å². The molecule has 0 aliphatic carbocycles. The lowest BCUT2D eigenvalue weighted by Crippen LogP contribution is -2.48. The van der Waals surface area contributed by atoms with E-state index in [-0.39, 0.29) is 0 Å². The Labute approximate surface area is 164 Å². The first-order chi connectivity index (χ1) is 13.3. The number of nitrogens with one attached hydrogen (secondary N) is 1. The van der Waals surface area contributed by atoms with Crippen LogP contribution in [0.5, 0.6) is 5.75 Å². The molecule has 1 fully saturated rings. The third kappa shape index (κ3) is 5.25. The number of rotatable bonds is 6. The predicted octanol–water partition coefficient (Wildman–Crippen LogP) is 3.61. The Balaban J connectivity index is 1.65. The van der Waals surface area contributed by atoms with Gasteiger partial charge in [-0.15, -0.1) is 11.3 Å². The third-order valence-corrected chi connectivity index (χ3v) is 5.17. The maximum absolute atomic E-state index is 12.8. The van der Waals surface area contributed by atoms with E-state index in [1.54, 1.807) is 35.6 Å². The summed E-state index contributed by atoms with van der Waals surface area (Å²) in [4.78, 5) is 27.3. The molecule has 0 spiro atoms. The van der Waals surface area contributed by atoms with Gasteiger partial charge in [-0.05, 0) is 42.5 Å². The number of halogens is 3. The van der Waals surface area contributed by atoms with Crippen molar-refractivity contribution in [1.82, 2.24) is 10.2 Å². The highest BCUT2D eigenvalue weighted by Gasteiger charge is 2.36. The number of amides is 2. The molecule has 1 unspecified atom stereocenters. The average molecular weight is 412 g/mol. The largest absolute Gasteiger partial charge is 0.488 e. The number of carbonyl (C=O) groups excluding carboxylic acids is 2. The van der Waals surface area contributed by atoms with E-state index in [4.69, 9.17) is 4.74 Å². The molecule has 1 aliphatic rings. The van der Waals surface area contributed by atoms with Gasteiger partial charge in [-0.25, -0.2) is 0 Å². The highest BCUT2D eigenvalue weighted by molar-refractivity contribution is 7.09. The van der Waals surface area contributed by atoms with E-state index in [2.05, 4.69) is 0 Å². The molecule has 1 aromatic carbocycles. The second kappa shape index (κ2) is 8.64. The molecule has 1 saturated heterocycles. The number of likely N-dealkylation sites (tertiary alicyclic amines) is 1. The van der Waals surface area contributed by atoms with Crippen LogP contribution >= 0.6 is 11.3 Å². The Kier molecular flexibility index (Phi) is 6.23. The van der Waals surface area contributed by atoms with Gasteiger partial charge in [0.15, 0.2) is 0 Å². The molecular formula is C19H19F3N2O3S. The van der Waals surface area contributed by atoms with Gasteiger partial charge in [0, 0.05) is 17.0 Å². The number of thiophene rings is 1. The van der Waals surface area contributed by atoms with Crippen LogP contribution in [-0.2, 0) is 11.4 Å². The van der Waals surface area contributed by atoms with Crippen LogP contribution in [0.3, 0.4) is 0 Å². The fourth-order valence-electron chi connectivity index (χ4n) is 3.02. The third-order valence-electron chi connectivity index (χ3n) is 4.32. The summed E-state index contributed by atoms with van der Waals surface area (Å²) < 4.78 is 42.7. The number of ether oxygens (including phenoxy) is 1. The van der Waals surface area contributed by atoms with E-state index in [0.29, 0.717) is 37.3 Å². The Morgan fingerprint density at radius 2 is 2.07 bits per heavy atom. The Morgan fingerprint density at radius 3 is 2.79 bits per heavy atom. The standard InChI is InChI=1S/C19H19F3N2O3S/c20-19(21,22)12-23-17(25)16-7-2-8-24(16)18(26)13-4-1-5-14(10-13)27-11-15-6-3-9-28-15/h1,3-6,9-10,16H,2,7-8,11-12H2,(H,23,25). The SMILES string of the molecule is O=C(NCC(F)(F)F)C1CCCN1C(=O)c1cccc(OCc2cccs2)c1. The monoisotopic (exact) mass is 412 g/mol. The molecule has 2 aromatic rings. The molecule has 5 nitrogen and oxygen atoms in total. The lowest BCUT2D eigenvalue weighted by Gasteiger charge is -2.24. The number of nitrogens with zero attached hydrogens (tertiary/aromatic N) is 1. The van der Waals surface area contributed by atoms with Crippen molar-refractivity contribution in [2.45, 2.75) is 31.7 Å². The summed E-state index contributed by atoms with van der Waals surface area (Å²) in [6.45, 7) is -0.707. The topological polar surface area (TPSA) is 58.6 Å². The molecule has 1 aliphatic heterocycles. The summed E-state index contributed by atoms with van der Waals surface area (Å²) in [5, 5.41) is 3.81. The van der Waals surface area contributed by atoms with E-state index in [0.717, 1.165) is 4.88 Å². The van der Waals surface area contributed by atoms with Crippen molar-refractivity contribution in [3.8, 4) is 5.75 Å². The van der Waals surface area contributed by atoms with Gasteiger partial charge in [-0.1, -0.05) is 12.1 Å². The Hall–Kier alpha value is -2.55. The fourth-order valence-corrected chi connectivity index (χ4v) is 3.64. The minimum atomic E-state index is -4.49. The summed E-state index contributed by atoms with van der Waals surface area (Å²) in [5.74, 6) is -0.670. The van der Waals surface area contributed by atoms with Crippen LogP contribution in [-0.4, -0.2) is 42.0 Å². The van der Waals surface area contributed by atoms with Gasteiger partial charge >= 0.3 is 6.18 Å². The zero-order valence-corrected chi connectivity index (χ0v) is 15.7. The first-order valence-electron chi connectivity index (χ1n) is 8.74. The van der Waals surface area contributed by atoms with Crippen LogP contribution in [0, 0.1) is 0 Å². The number of alkyl halides is 3. The van der Waals surface area contributed by atoms with Gasteiger partial charge < -0.3 is 15.0 Å². The number of hydrogen-bond donors (Lipinski definition) is 1. The summed E-state index contributed by atoms with van der Waals surface area (Å²) in [5.41, 5.74) is 0.333. The minimum Gasteiger partial charge on any atom is -0.488 e. The van der Waals surface area contributed by atoms with E-state index in [1.807, 2.05) is 22.8 Å². The molecule has 0 radical (unpaired) electrons. The molecule has 9 heteroatoms. The van der Waals surface area contributed by atoms with Crippen molar-refractivity contribution in [3.05, 3.63) is 52.2 Å². The van der Waals surface area contributed by atoms with Crippen molar-refractivity contribution in [1.29, 1.82) is 0 Å². The van der Waals surface area contributed by atoms with Gasteiger partial charge in [0.25, 0.3) is 5.91 Å². The predicted molar refractivity (Wildman–Crippen MR) is 98.2 cm³/mol. The van der Waals surface area contributed by atoms with Crippen molar-refractivity contribution < 1.29 is 27.5 Å². The molecule has 0 saturated carbocycles. The van der Waals surface area contributed by atoms with Crippen molar-refractivity contribution in [2.75, 3.05) is 13.1 Å². The minimum absolute atomic E-state index is 0.323. The molecule has 28 heavy (non-hydrogen) atoms. The van der Waals surface area contributed by atoms with Crippen LogP contribution in [0.15, 0.2) is 41.8 Å². The van der Waals surface area contributed by atoms with Crippen LogP contribution in [0.4, 0.5) is 13.2 Å². The zero-order valence-electron chi connectivity index (χ0n) is 14.9. The van der Waals surface area contributed by atoms with Crippen LogP contribution in [0.25, 0.3) is 0 Å². The van der Waals surface area contributed by atoms with Crippen molar-refractivity contribution in [2.24, 2.45) is 0 Å². The summed E-state index contributed by atoms with van der Waals surface area (Å²) in [6, 6.07) is 9.54. The van der Waals surface area contributed by atoms with Crippen LogP contribution < -0.4 is 10.1 Å². The summed E-state index contributed by atoms with van der Waals surface area (Å²) in [7, 11) is 0. The highest BCUT2D eigenvalue weighted by Crippen LogP contribution is 2.23. The van der Waals surface area contributed by atoms with Gasteiger partial charge in [0.05, 0.1) is 0 Å². The highest BCUT2D eigenvalue weighted by atomic mass is 32.1. The van der Waals surface area contributed by atoms with E-state index < -0.39 is 30.6 Å². The van der Waals surface area contributed by atoms with E-state index in [9.17, 15) is 22.8 Å². The summed E-state index contributed by atoms with van der Waals surface area (Å²) in [6.07, 6.45) is -3.59. The van der Waals surface area contributed by atoms with E-state index in [1.165, 1.54) is 4.90 Å².